The molecule has 1 aromatic heterocycles. The van der Waals surface area contributed by atoms with Crippen LogP contribution >= 0.6 is 34.7 Å². The fourth-order valence-corrected chi connectivity index (χ4v) is 7.07. The summed E-state index contributed by atoms with van der Waals surface area (Å²) in [5, 5.41) is 21.0. The monoisotopic (exact) mass is 681 g/mol. The van der Waals surface area contributed by atoms with Crippen molar-refractivity contribution in [3.8, 4) is 23.0 Å². The Hall–Kier alpha value is -4.26. The van der Waals surface area contributed by atoms with Gasteiger partial charge in [0.2, 0.25) is 10.9 Å². The third-order valence-electron chi connectivity index (χ3n) is 7.25. The molecule has 1 saturated heterocycles. The van der Waals surface area contributed by atoms with E-state index in [1.807, 2.05) is 24.3 Å². The number of carbonyl (C=O) groups is 2. The van der Waals surface area contributed by atoms with Crippen LogP contribution in [-0.2, 0) is 15.3 Å². The minimum Gasteiger partial charge on any atom is -0.507 e. The second-order valence-corrected chi connectivity index (χ2v) is 12.7. The van der Waals surface area contributed by atoms with Gasteiger partial charge in [-0.3, -0.25) is 14.5 Å². The van der Waals surface area contributed by atoms with E-state index in [1.54, 1.807) is 36.4 Å². The summed E-state index contributed by atoms with van der Waals surface area (Å²) in [7, 11) is 4.41. The van der Waals surface area contributed by atoms with E-state index in [0.29, 0.717) is 55.8 Å². The zero-order valence-electron chi connectivity index (χ0n) is 25.6. The molecular weight excluding hydrogens is 650 g/mol. The van der Waals surface area contributed by atoms with Crippen molar-refractivity contribution in [3.63, 3.8) is 0 Å². The second-order valence-electron chi connectivity index (χ2n) is 10.1. The predicted octanol–water partition coefficient (Wildman–Crippen LogP) is 7.31. The Morgan fingerprint density at radius 1 is 1.00 bits per heavy atom. The van der Waals surface area contributed by atoms with Crippen LogP contribution in [0.3, 0.4) is 0 Å². The number of amides is 1. The molecule has 0 aliphatic carbocycles. The molecule has 46 heavy (non-hydrogen) atoms. The number of halogens is 1. The normalized spacial score (nSPS) is 15.7. The van der Waals surface area contributed by atoms with Crippen LogP contribution in [0.2, 0.25) is 5.02 Å². The zero-order valence-corrected chi connectivity index (χ0v) is 28.0. The maximum absolute atomic E-state index is 13.7. The van der Waals surface area contributed by atoms with Gasteiger partial charge in [-0.1, -0.05) is 66.2 Å². The van der Waals surface area contributed by atoms with Gasteiger partial charge in [0, 0.05) is 16.3 Å². The average Bonchev–Trinajstić information content (AvgIpc) is 3.65. The highest BCUT2D eigenvalue weighted by Gasteiger charge is 2.49. The van der Waals surface area contributed by atoms with Crippen molar-refractivity contribution >= 4 is 57.3 Å². The van der Waals surface area contributed by atoms with Crippen molar-refractivity contribution in [2.45, 2.75) is 35.9 Å². The molecule has 1 unspecified atom stereocenters. The first-order valence-electron chi connectivity index (χ1n) is 14.3. The molecule has 13 heteroatoms. The summed E-state index contributed by atoms with van der Waals surface area (Å²) in [6, 6.07) is 16.4. The van der Waals surface area contributed by atoms with Crippen molar-refractivity contribution in [2.24, 2.45) is 0 Å². The molecule has 0 bridgehead atoms. The van der Waals surface area contributed by atoms with Gasteiger partial charge in [0.25, 0.3) is 5.78 Å². The highest BCUT2D eigenvalue weighted by Crippen LogP contribution is 2.48. The van der Waals surface area contributed by atoms with Crippen LogP contribution in [0, 0.1) is 0 Å². The van der Waals surface area contributed by atoms with Gasteiger partial charge >= 0.3 is 5.91 Å². The summed E-state index contributed by atoms with van der Waals surface area (Å²) in [4.78, 5) is 28.7. The Morgan fingerprint density at radius 2 is 1.70 bits per heavy atom. The third-order valence-corrected chi connectivity index (χ3v) is 9.73. The van der Waals surface area contributed by atoms with Crippen LogP contribution in [0.25, 0.3) is 5.76 Å². The number of hydrogen-bond donors (Lipinski definition) is 1. The zero-order chi connectivity index (χ0) is 32.8. The molecule has 1 N–H and O–H groups in total. The number of benzene rings is 3. The van der Waals surface area contributed by atoms with Crippen molar-refractivity contribution in [3.05, 3.63) is 87.9 Å². The standard InChI is InChI=1S/C33H32ClN3O7S2/c1-5-6-15-44-22-13-11-19(12-14-22)28(38)26-27(21-16-24(41-2)30(43-4)25(17-21)42-3)37(31(40)29(26)39)32-35-36-33(46-32)45-18-20-9-7-8-10-23(20)34/h7-14,16-17,27,38H,5-6,15,18H2,1-4H3. The highest BCUT2D eigenvalue weighted by atomic mass is 35.5. The van der Waals surface area contributed by atoms with Crippen LogP contribution < -0.4 is 23.8 Å². The number of hydrogen-bond acceptors (Lipinski definition) is 11. The molecule has 3 aromatic carbocycles. The van der Waals surface area contributed by atoms with E-state index in [1.165, 1.54) is 38.0 Å². The first kappa shape index (κ1) is 33.1. The van der Waals surface area contributed by atoms with E-state index in [9.17, 15) is 14.7 Å². The lowest BCUT2D eigenvalue weighted by atomic mass is 9.94. The number of methoxy groups -OCH3 is 3. The minimum absolute atomic E-state index is 0.126. The van der Waals surface area contributed by atoms with Crippen LogP contribution in [0.5, 0.6) is 23.0 Å². The van der Waals surface area contributed by atoms with Gasteiger partial charge in [-0.2, -0.15) is 0 Å². The molecule has 4 aromatic rings. The van der Waals surface area contributed by atoms with Gasteiger partial charge in [-0.15, -0.1) is 10.2 Å². The molecule has 0 radical (unpaired) electrons. The first-order valence-corrected chi connectivity index (χ1v) is 16.5. The number of Topliss-reactive ketones (excluding diaryl/α,β-unsaturated/α-hetero) is 1. The molecule has 1 aliphatic rings. The Bertz CT molecular complexity index is 1740. The number of rotatable bonds is 13. The van der Waals surface area contributed by atoms with E-state index in [2.05, 4.69) is 17.1 Å². The summed E-state index contributed by atoms with van der Waals surface area (Å²) in [6.45, 7) is 2.64. The smallest absolute Gasteiger partial charge is 0.301 e. The van der Waals surface area contributed by atoms with E-state index >= 15 is 0 Å². The van der Waals surface area contributed by atoms with Crippen molar-refractivity contribution in [2.75, 3.05) is 32.8 Å². The van der Waals surface area contributed by atoms with E-state index in [0.717, 1.165) is 29.7 Å². The predicted molar refractivity (Wildman–Crippen MR) is 179 cm³/mol. The molecule has 1 fully saturated rings. The Balaban J connectivity index is 1.58. The lowest BCUT2D eigenvalue weighted by Gasteiger charge is -2.24. The van der Waals surface area contributed by atoms with E-state index < -0.39 is 17.7 Å². The van der Waals surface area contributed by atoms with Crippen LogP contribution in [-0.4, -0.2) is 54.9 Å². The maximum atomic E-state index is 13.7. The van der Waals surface area contributed by atoms with Crippen molar-refractivity contribution in [1.82, 2.24) is 10.2 Å². The maximum Gasteiger partial charge on any atom is 0.301 e. The number of anilines is 1. The number of aliphatic hydroxyl groups excluding tert-OH is 1. The third kappa shape index (κ3) is 6.79. The molecule has 0 spiro atoms. The molecule has 1 aliphatic heterocycles. The van der Waals surface area contributed by atoms with Crippen molar-refractivity contribution in [1.29, 1.82) is 0 Å². The van der Waals surface area contributed by atoms with Gasteiger partial charge in [0.1, 0.15) is 11.5 Å². The summed E-state index contributed by atoms with van der Waals surface area (Å²) in [5.74, 6) is 0.0206. The second kappa shape index (κ2) is 14.9. The molecule has 10 nitrogen and oxygen atoms in total. The lowest BCUT2D eigenvalue weighted by molar-refractivity contribution is -0.132. The van der Waals surface area contributed by atoms with Crippen molar-refractivity contribution < 1.29 is 33.6 Å². The summed E-state index contributed by atoms with van der Waals surface area (Å²) in [6.07, 6.45) is 1.90. The van der Waals surface area contributed by atoms with Gasteiger partial charge < -0.3 is 24.1 Å². The SMILES string of the molecule is CCCCOc1ccc(C(O)=C2C(=O)C(=O)N(c3nnc(SCc4ccccc4Cl)s3)C2c2cc(OC)c(OC)c(OC)c2)cc1. The largest absolute Gasteiger partial charge is 0.507 e. The fraction of sp³-hybridized carbons (Fsp3) is 0.273. The molecular formula is C33H32ClN3O7S2. The fourth-order valence-electron chi connectivity index (χ4n) is 4.92. The summed E-state index contributed by atoms with van der Waals surface area (Å²) >= 11 is 8.88. The molecule has 240 valence electrons. The molecule has 2 heterocycles. The van der Waals surface area contributed by atoms with Crippen LogP contribution in [0.15, 0.2) is 70.6 Å². The topological polar surface area (TPSA) is 120 Å². The van der Waals surface area contributed by atoms with Gasteiger partial charge in [-0.25, -0.2) is 0 Å². The highest BCUT2D eigenvalue weighted by molar-refractivity contribution is 8.00. The summed E-state index contributed by atoms with van der Waals surface area (Å²) < 4.78 is 22.9. The number of aromatic nitrogens is 2. The average molecular weight is 682 g/mol. The number of ether oxygens (including phenoxy) is 4. The number of aliphatic hydroxyl groups is 1. The quantitative estimate of drug-likeness (QED) is 0.0384. The van der Waals surface area contributed by atoms with Gasteiger partial charge in [0.05, 0.1) is 39.6 Å². The van der Waals surface area contributed by atoms with Crippen LogP contribution in [0.4, 0.5) is 5.13 Å². The molecule has 1 amide bonds. The molecule has 0 saturated carbocycles. The number of unbranched alkanes of at least 4 members (excludes halogenated alkanes) is 1. The number of thioether (sulfide) groups is 1. The minimum atomic E-state index is -1.09. The Morgan fingerprint density at radius 3 is 2.33 bits per heavy atom. The summed E-state index contributed by atoms with van der Waals surface area (Å²) in [5.41, 5.74) is 1.56. The number of ketones is 1. The van der Waals surface area contributed by atoms with E-state index in [-0.39, 0.29) is 16.5 Å². The Kier molecular flexibility index (Phi) is 10.7. The van der Waals surface area contributed by atoms with E-state index in [4.69, 9.17) is 30.5 Å². The molecule has 1 atom stereocenters. The van der Waals surface area contributed by atoms with Gasteiger partial charge in [-0.05, 0) is 60.0 Å². The van der Waals surface area contributed by atoms with Crippen LogP contribution in [0.1, 0.15) is 42.5 Å². The molecule has 5 rings (SSSR count). The number of carbonyl (C=O) groups excluding carboxylic acids is 2. The Labute approximate surface area is 279 Å². The lowest BCUT2D eigenvalue weighted by Crippen LogP contribution is -2.29. The van der Waals surface area contributed by atoms with Gasteiger partial charge in [0.15, 0.2) is 15.8 Å². The number of nitrogens with zero attached hydrogens (tertiary/aromatic N) is 3. The first-order chi connectivity index (χ1) is 22.3.